The van der Waals surface area contributed by atoms with Crippen LogP contribution in [-0.2, 0) is 9.53 Å². The molecular formula is C17H10ClNO4. The number of benzene rings is 2. The van der Waals surface area contributed by atoms with Gasteiger partial charge in [-0.2, -0.15) is 0 Å². The van der Waals surface area contributed by atoms with Gasteiger partial charge in [0.05, 0.1) is 5.56 Å². The molecule has 3 rings (SSSR count). The molecule has 6 heteroatoms. The van der Waals surface area contributed by atoms with Crippen LogP contribution in [0.4, 0.5) is 0 Å². The van der Waals surface area contributed by atoms with Crippen LogP contribution in [0.2, 0.25) is 5.02 Å². The number of ether oxygens (including phenoxy) is 1. The second-order valence-electron chi connectivity index (χ2n) is 4.77. The molecule has 2 aromatic carbocycles. The average Bonchev–Trinajstić information content (AvgIpc) is 2.89. The van der Waals surface area contributed by atoms with Gasteiger partial charge in [-0.25, -0.2) is 14.6 Å². The summed E-state index contributed by atoms with van der Waals surface area (Å²) in [5.74, 6) is -1.39. The number of rotatable bonds is 3. The number of nitrogens with zero attached hydrogens (tertiary/aromatic N) is 1. The lowest BCUT2D eigenvalue weighted by atomic mass is 10.1. The Morgan fingerprint density at radius 3 is 2.57 bits per heavy atom. The first kappa shape index (κ1) is 15.0. The van der Waals surface area contributed by atoms with Gasteiger partial charge < -0.3 is 9.84 Å². The maximum absolute atomic E-state index is 11.9. The van der Waals surface area contributed by atoms with Crippen molar-refractivity contribution in [2.45, 2.75) is 0 Å². The Morgan fingerprint density at radius 2 is 1.91 bits per heavy atom. The lowest BCUT2D eigenvalue weighted by Crippen LogP contribution is -2.05. The van der Waals surface area contributed by atoms with Crippen LogP contribution >= 0.6 is 11.6 Å². The molecule has 0 bridgehead atoms. The van der Waals surface area contributed by atoms with Gasteiger partial charge in [0.1, 0.15) is 0 Å². The number of hydrogen-bond donors (Lipinski definition) is 1. The van der Waals surface area contributed by atoms with Crippen LogP contribution in [0.5, 0.6) is 0 Å². The molecule has 1 aliphatic heterocycles. The summed E-state index contributed by atoms with van der Waals surface area (Å²) >= 11 is 5.91. The van der Waals surface area contributed by atoms with Crippen LogP contribution in [0, 0.1) is 0 Å². The van der Waals surface area contributed by atoms with E-state index in [1.165, 1.54) is 18.2 Å². The highest BCUT2D eigenvalue weighted by molar-refractivity contribution is 6.31. The van der Waals surface area contributed by atoms with Crippen molar-refractivity contribution in [3.63, 3.8) is 0 Å². The van der Waals surface area contributed by atoms with Gasteiger partial charge in [0.25, 0.3) is 0 Å². The molecule has 114 valence electrons. The number of esters is 1. The van der Waals surface area contributed by atoms with Crippen molar-refractivity contribution in [2.75, 3.05) is 0 Å². The number of aliphatic imine (C=N–C) groups is 1. The van der Waals surface area contributed by atoms with Gasteiger partial charge in [-0.1, -0.05) is 29.8 Å². The minimum Gasteiger partial charge on any atom is -0.478 e. The van der Waals surface area contributed by atoms with Crippen LogP contribution in [-0.4, -0.2) is 22.9 Å². The molecule has 0 radical (unpaired) electrons. The van der Waals surface area contributed by atoms with Crippen LogP contribution in [0.1, 0.15) is 21.5 Å². The van der Waals surface area contributed by atoms with E-state index in [-0.39, 0.29) is 17.2 Å². The first-order chi connectivity index (χ1) is 11.0. The van der Waals surface area contributed by atoms with E-state index < -0.39 is 11.9 Å². The highest BCUT2D eigenvalue weighted by atomic mass is 35.5. The molecule has 0 amide bonds. The Morgan fingerprint density at radius 1 is 1.17 bits per heavy atom. The second-order valence-corrected chi connectivity index (χ2v) is 5.21. The van der Waals surface area contributed by atoms with E-state index >= 15 is 0 Å². The van der Waals surface area contributed by atoms with Gasteiger partial charge in [0.15, 0.2) is 5.70 Å². The van der Waals surface area contributed by atoms with Gasteiger partial charge >= 0.3 is 11.9 Å². The molecule has 0 aromatic heterocycles. The number of carbonyl (C=O) groups is 2. The van der Waals surface area contributed by atoms with Crippen molar-refractivity contribution in [2.24, 2.45) is 4.99 Å². The van der Waals surface area contributed by atoms with Gasteiger partial charge in [-0.15, -0.1) is 0 Å². The molecule has 0 saturated heterocycles. The summed E-state index contributed by atoms with van der Waals surface area (Å²) in [4.78, 5) is 26.9. The molecule has 0 fully saturated rings. The monoisotopic (exact) mass is 327 g/mol. The summed E-state index contributed by atoms with van der Waals surface area (Å²) in [6.45, 7) is 0. The van der Waals surface area contributed by atoms with Gasteiger partial charge in [-0.3, -0.25) is 0 Å². The maximum atomic E-state index is 11.9. The molecule has 2 aromatic rings. The molecular weight excluding hydrogens is 318 g/mol. The van der Waals surface area contributed by atoms with Crippen molar-refractivity contribution >= 4 is 35.5 Å². The first-order valence-corrected chi connectivity index (χ1v) is 7.02. The molecule has 5 nitrogen and oxygen atoms in total. The van der Waals surface area contributed by atoms with E-state index in [1.54, 1.807) is 36.4 Å². The zero-order chi connectivity index (χ0) is 16.4. The zero-order valence-electron chi connectivity index (χ0n) is 11.7. The maximum Gasteiger partial charge on any atom is 0.363 e. The molecule has 1 aliphatic rings. The Kier molecular flexibility index (Phi) is 3.95. The Balaban J connectivity index is 1.90. The molecule has 0 atom stereocenters. The fourth-order valence-corrected chi connectivity index (χ4v) is 2.22. The lowest BCUT2D eigenvalue weighted by molar-refractivity contribution is -0.129. The van der Waals surface area contributed by atoms with Crippen molar-refractivity contribution < 1.29 is 19.4 Å². The predicted octanol–water partition coefficient (Wildman–Crippen LogP) is 3.38. The topological polar surface area (TPSA) is 76.0 Å². The summed E-state index contributed by atoms with van der Waals surface area (Å²) in [5.41, 5.74) is 1.57. The molecule has 1 heterocycles. The number of halogens is 1. The third kappa shape index (κ3) is 3.30. The predicted molar refractivity (Wildman–Crippen MR) is 85.5 cm³/mol. The minimum atomic E-state index is -1.01. The quantitative estimate of drug-likeness (QED) is 0.692. The van der Waals surface area contributed by atoms with E-state index in [4.69, 9.17) is 21.4 Å². The number of carbonyl (C=O) groups excluding carboxylic acids is 1. The summed E-state index contributed by atoms with van der Waals surface area (Å²) in [6.07, 6.45) is 1.53. The molecule has 0 unspecified atom stereocenters. The van der Waals surface area contributed by atoms with Crippen molar-refractivity contribution in [1.82, 2.24) is 0 Å². The van der Waals surface area contributed by atoms with E-state index in [0.717, 1.165) is 0 Å². The van der Waals surface area contributed by atoms with E-state index in [9.17, 15) is 9.59 Å². The van der Waals surface area contributed by atoms with Gasteiger partial charge in [0, 0.05) is 10.6 Å². The third-order valence-corrected chi connectivity index (χ3v) is 3.39. The SMILES string of the molecule is O=C1OC(c2cccc(Cl)c2)=N/C1=C\c1ccc(C(=O)O)cc1. The third-order valence-electron chi connectivity index (χ3n) is 3.15. The number of cyclic esters (lactones) is 1. The summed E-state index contributed by atoms with van der Waals surface area (Å²) in [5, 5.41) is 9.38. The van der Waals surface area contributed by atoms with Crippen LogP contribution in [0.3, 0.4) is 0 Å². The Hall–Kier alpha value is -2.92. The first-order valence-electron chi connectivity index (χ1n) is 6.65. The van der Waals surface area contributed by atoms with E-state index in [0.29, 0.717) is 16.1 Å². The van der Waals surface area contributed by atoms with Crippen LogP contribution in [0.15, 0.2) is 59.2 Å². The largest absolute Gasteiger partial charge is 0.478 e. The van der Waals surface area contributed by atoms with Gasteiger partial charge in [0.2, 0.25) is 5.90 Å². The average molecular weight is 328 g/mol. The fraction of sp³-hybridized carbons (Fsp3) is 0. The molecule has 1 N–H and O–H groups in total. The van der Waals surface area contributed by atoms with Crippen LogP contribution < -0.4 is 0 Å². The number of hydrogen-bond acceptors (Lipinski definition) is 4. The summed E-state index contributed by atoms with van der Waals surface area (Å²) in [7, 11) is 0. The van der Waals surface area contributed by atoms with Gasteiger partial charge in [-0.05, 0) is 42.0 Å². The standard InChI is InChI=1S/C17H10ClNO4/c18-13-3-1-2-12(9-13)15-19-14(17(22)23-15)8-10-4-6-11(7-5-10)16(20)21/h1-9H,(H,20,21)/b14-8-. The normalized spacial score (nSPS) is 15.4. The molecule has 0 spiro atoms. The lowest BCUT2D eigenvalue weighted by Gasteiger charge is -1.99. The van der Waals surface area contributed by atoms with Crippen molar-refractivity contribution in [1.29, 1.82) is 0 Å². The summed E-state index contributed by atoms with van der Waals surface area (Å²) < 4.78 is 5.14. The number of carboxylic acids is 1. The highest BCUT2D eigenvalue weighted by Gasteiger charge is 2.24. The second kappa shape index (κ2) is 6.06. The minimum absolute atomic E-state index is 0.142. The molecule has 0 saturated carbocycles. The van der Waals surface area contributed by atoms with Crippen molar-refractivity contribution in [3.8, 4) is 0 Å². The smallest absolute Gasteiger partial charge is 0.363 e. The van der Waals surface area contributed by atoms with E-state index in [2.05, 4.69) is 4.99 Å². The number of carboxylic acid groups (broad SMARTS) is 1. The highest BCUT2D eigenvalue weighted by Crippen LogP contribution is 2.21. The molecule has 23 heavy (non-hydrogen) atoms. The molecule has 0 aliphatic carbocycles. The van der Waals surface area contributed by atoms with Crippen LogP contribution in [0.25, 0.3) is 6.08 Å². The van der Waals surface area contributed by atoms with E-state index in [1.807, 2.05) is 0 Å². The Labute approximate surface area is 136 Å². The fourth-order valence-electron chi connectivity index (χ4n) is 2.03. The van der Waals surface area contributed by atoms with Crippen molar-refractivity contribution in [3.05, 3.63) is 75.9 Å². The Bertz CT molecular complexity index is 853. The zero-order valence-corrected chi connectivity index (χ0v) is 12.4. The number of aromatic carboxylic acids is 1. The summed E-state index contributed by atoms with van der Waals surface area (Å²) in [6, 6.07) is 12.9.